The number of ether oxygens (including phenoxy) is 2. The minimum Gasteiger partial charge on any atom is -0.497 e. The van der Waals surface area contributed by atoms with Crippen LogP contribution in [0, 0.1) is 6.92 Å². The van der Waals surface area contributed by atoms with Crippen molar-refractivity contribution in [3.8, 4) is 5.75 Å². The van der Waals surface area contributed by atoms with Gasteiger partial charge < -0.3 is 9.47 Å². The zero-order chi connectivity index (χ0) is 18.7. The summed E-state index contributed by atoms with van der Waals surface area (Å²) in [5.41, 5.74) is 2.37. The molecule has 2 aromatic carbocycles. The molecule has 0 atom stereocenters. The summed E-state index contributed by atoms with van der Waals surface area (Å²) in [6.07, 6.45) is 3.26. The van der Waals surface area contributed by atoms with Gasteiger partial charge in [0.05, 0.1) is 19.7 Å². The summed E-state index contributed by atoms with van der Waals surface area (Å²) in [6, 6.07) is 14.6. The molecule has 0 aliphatic rings. The van der Waals surface area contributed by atoms with Crippen molar-refractivity contribution in [2.24, 2.45) is 0 Å². The normalized spacial score (nSPS) is 11.4. The summed E-state index contributed by atoms with van der Waals surface area (Å²) >= 11 is 0. The molecule has 132 valence electrons. The van der Waals surface area contributed by atoms with Gasteiger partial charge in [0.25, 0.3) is 5.91 Å². The fourth-order valence-corrected chi connectivity index (χ4v) is 2.83. The van der Waals surface area contributed by atoms with Crippen LogP contribution < -0.4 is 4.74 Å². The van der Waals surface area contributed by atoms with Gasteiger partial charge in [-0.2, -0.15) is 0 Å². The van der Waals surface area contributed by atoms with E-state index in [0.717, 1.165) is 16.5 Å². The molecule has 5 heteroatoms. The number of carbonyl (C=O) groups excluding carboxylic acids is 2. The van der Waals surface area contributed by atoms with Crippen molar-refractivity contribution >= 4 is 28.9 Å². The molecule has 1 aromatic heterocycles. The average molecular weight is 349 g/mol. The van der Waals surface area contributed by atoms with Gasteiger partial charge in [0, 0.05) is 11.6 Å². The van der Waals surface area contributed by atoms with E-state index in [4.69, 9.17) is 9.47 Å². The molecule has 0 radical (unpaired) electrons. The maximum Gasteiger partial charge on any atom is 0.343 e. The number of benzene rings is 2. The fourth-order valence-electron chi connectivity index (χ4n) is 2.83. The van der Waals surface area contributed by atoms with Gasteiger partial charge >= 0.3 is 5.97 Å². The van der Waals surface area contributed by atoms with E-state index >= 15 is 0 Å². The third kappa shape index (κ3) is 3.24. The van der Waals surface area contributed by atoms with Gasteiger partial charge in [-0.3, -0.25) is 9.36 Å². The molecule has 0 saturated heterocycles. The van der Waals surface area contributed by atoms with Crippen LogP contribution in [0.15, 0.2) is 60.3 Å². The average Bonchev–Trinajstić information content (AvgIpc) is 3.02. The van der Waals surface area contributed by atoms with Crippen molar-refractivity contribution in [1.29, 1.82) is 0 Å². The van der Waals surface area contributed by atoms with Crippen LogP contribution >= 0.6 is 0 Å². The summed E-state index contributed by atoms with van der Waals surface area (Å²) in [5, 5.41) is 0.967. The minimum atomic E-state index is -0.679. The second kappa shape index (κ2) is 7.27. The van der Waals surface area contributed by atoms with E-state index in [1.807, 2.05) is 31.2 Å². The van der Waals surface area contributed by atoms with Crippen LogP contribution in [0.4, 0.5) is 0 Å². The van der Waals surface area contributed by atoms with E-state index in [2.05, 4.69) is 0 Å². The number of hydrogen-bond acceptors (Lipinski definition) is 4. The zero-order valence-electron chi connectivity index (χ0n) is 14.9. The third-order valence-electron chi connectivity index (χ3n) is 4.19. The molecule has 0 bridgehead atoms. The third-order valence-corrected chi connectivity index (χ3v) is 4.19. The van der Waals surface area contributed by atoms with Crippen LogP contribution in [0.5, 0.6) is 5.75 Å². The summed E-state index contributed by atoms with van der Waals surface area (Å²) in [7, 11) is 2.84. The summed E-state index contributed by atoms with van der Waals surface area (Å²) < 4.78 is 11.4. The van der Waals surface area contributed by atoms with Gasteiger partial charge in [-0.25, -0.2) is 4.79 Å². The monoisotopic (exact) mass is 349 g/mol. The molecule has 0 saturated carbocycles. The molecule has 0 N–H and O–H groups in total. The summed E-state index contributed by atoms with van der Waals surface area (Å²) in [5.74, 6) is -0.418. The molecule has 0 aliphatic heterocycles. The number of fused-ring (bicyclic) bond motifs is 1. The maximum absolute atomic E-state index is 13.1. The highest BCUT2D eigenvalue weighted by Gasteiger charge is 2.22. The first-order valence-corrected chi connectivity index (χ1v) is 8.10. The SMILES string of the molecule is COC(=O)/C(=C\c1ccc(OC)cc1)C(=O)n1cc(C)c2ccccc21. The first-order chi connectivity index (χ1) is 12.5. The Morgan fingerprint density at radius 2 is 1.69 bits per heavy atom. The Kier molecular flexibility index (Phi) is 4.89. The second-order valence-electron chi connectivity index (χ2n) is 5.83. The Hall–Kier alpha value is -3.34. The molecule has 26 heavy (non-hydrogen) atoms. The summed E-state index contributed by atoms with van der Waals surface area (Å²) in [4.78, 5) is 25.3. The molecule has 0 aliphatic carbocycles. The van der Waals surface area contributed by atoms with Crippen molar-refractivity contribution < 1.29 is 19.1 Å². The number of methoxy groups -OCH3 is 2. The van der Waals surface area contributed by atoms with E-state index in [0.29, 0.717) is 11.3 Å². The van der Waals surface area contributed by atoms with E-state index in [9.17, 15) is 9.59 Å². The maximum atomic E-state index is 13.1. The van der Waals surface area contributed by atoms with E-state index < -0.39 is 11.9 Å². The number of hydrogen-bond donors (Lipinski definition) is 0. The Labute approximate surface area is 151 Å². The molecular weight excluding hydrogens is 330 g/mol. The lowest BCUT2D eigenvalue weighted by Gasteiger charge is -2.08. The van der Waals surface area contributed by atoms with E-state index in [-0.39, 0.29) is 5.57 Å². The minimum absolute atomic E-state index is 0.0431. The van der Waals surface area contributed by atoms with Gasteiger partial charge in [-0.15, -0.1) is 0 Å². The van der Waals surface area contributed by atoms with Gasteiger partial charge in [0.1, 0.15) is 11.3 Å². The van der Waals surface area contributed by atoms with Crippen molar-refractivity contribution in [1.82, 2.24) is 4.57 Å². The Morgan fingerprint density at radius 3 is 2.35 bits per heavy atom. The first kappa shape index (κ1) is 17.5. The number of aryl methyl sites for hydroxylation is 1. The van der Waals surface area contributed by atoms with Crippen LogP contribution in [0.1, 0.15) is 15.9 Å². The molecule has 1 heterocycles. The van der Waals surface area contributed by atoms with E-state index in [1.54, 1.807) is 37.6 Å². The van der Waals surface area contributed by atoms with Gasteiger partial charge in [-0.1, -0.05) is 30.3 Å². The molecule has 5 nitrogen and oxygen atoms in total. The highest BCUT2D eigenvalue weighted by molar-refractivity contribution is 6.22. The molecule has 0 unspecified atom stereocenters. The van der Waals surface area contributed by atoms with E-state index in [1.165, 1.54) is 17.8 Å². The second-order valence-corrected chi connectivity index (χ2v) is 5.83. The highest BCUT2D eigenvalue weighted by atomic mass is 16.5. The lowest BCUT2D eigenvalue weighted by Crippen LogP contribution is -2.20. The van der Waals surface area contributed by atoms with Crippen molar-refractivity contribution in [2.75, 3.05) is 14.2 Å². The van der Waals surface area contributed by atoms with Gasteiger partial charge in [0.2, 0.25) is 0 Å². The summed E-state index contributed by atoms with van der Waals surface area (Å²) in [6.45, 7) is 1.93. The zero-order valence-corrected chi connectivity index (χ0v) is 14.9. The first-order valence-electron chi connectivity index (χ1n) is 8.10. The Morgan fingerprint density at radius 1 is 1.00 bits per heavy atom. The largest absolute Gasteiger partial charge is 0.497 e. The number of aromatic nitrogens is 1. The lowest BCUT2D eigenvalue weighted by molar-refractivity contribution is -0.135. The topological polar surface area (TPSA) is 57.5 Å². The highest BCUT2D eigenvalue weighted by Crippen LogP contribution is 2.23. The molecule has 3 rings (SSSR count). The predicted molar refractivity (Wildman–Crippen MR) is 100 cm³/mol. The standard InChI is InChI=1S/C21H19NO4/c1-14-13-22(19-7-5-4-6-17(14)19)20(23)18(21(24)26-3)12-15-8-10-16(25-2)11-9-15/h4-13H,1-3H3/b18-12-. The van der Waals surface area contributed by atoms with Crippen LogP contribution in [-0.4, -0.2) is 30.7 Å². The number of rotatable bonds is 4. The number of nitrogens with zero attached hydrogens (tertiary/aromatic N) is 1. The van der Waals surface area contributed by atoms with Crippen molar-refractivity contribution in [2.45, 2.75) is 6.92 Å². The van der Waals surface area contributed by atoms with Crippen molar-refractivity contribution in [3.05, 3.63) is 71.4 Å². The van der Waals surface area contributed by atoms with Crippen molar-refractivity contribution in [3.63, 3.8) is 0 Å². The van der Waals surface area contributed by atoms with Crippen LogP contribution in [0.25, 0.3) is 17.0 Å². The molecule has 0 spiro atoms. The Bertz CT molecular complexity index is 997. The predicted octanol–water partition coefficient (Wildman–Crippen LogP) is 3.86. The van der Waals surface area contributed by atoms with Crippen LogP contribution in [-0.2, 0) is 9.53 Å². The lowest BCUT2D eigenvalue weighted by atomic mass is 10.1. The van der Waals surface area contributed by atoms with Crippen LogP contribution in [0.2, 0.25) is 0 Å². The molecule has 0 amide bonds. The fraction of sp³-hybridized carbons (Fsp3) is 0.143. The Balaban J connectivity index is 2.08. The number of carbonyl (C=O) groups is 2. The quantitative estimate of drug-likeness (QED) is 0.311. The number of para-hydroxylation sites is 1. The van der Waals surface area contributed by atoms with Crippen LogP contribution in [0.3, 0.4) is 0 Å². The molecule has 0 fully saturated rings. The molecular formula is C21H19NO4. The smallest absolute Gasteiger partial charge is 0.343 e. The number of esters is 1. The van der Waals surface area contributed by atoms with Gasteiger partial charge in [-0.05, 0) is 42.3 Å². The van der Waals surface area contributed by atoms with Gasteiger partial charge in [0.15, 0.2) is 0 Å². The molecule has 3 aromatic rings.